The molecule has 1 heterocycles. The molecule has 15 heavy (non-hydrogen) atoms. The summed E-state index contributed by atoms with van der Waals surface area (Å²) in [7, 11) is 3.34. The van der Waals surface area contributed by atoms with Crippen molar-refractivity contribution < 1.29 is 9.53 Å². The van der Waals surface area contributed by atoms with E-state index >= 15 is 0 Å². The SMILES string of the molecule is CNC(C)c1ccn(CCC(=O)OC)c1. The predicted molar refractivity (Wildman–Crippen MR) is 58.5 cm³/mol. The third-order valence-electron chi connectivity index (χ3n) is 2.51. The quantitative estimate of drug-likeness (QED) is 0.746. The van der Waals surface area contributed by atoms with E-state index in [2.05, 4.69) is 23.0 Å². The van der Waals surface area contributed by atoms with E-state index in [1.807, 2.05) is 24.0 Å². The molecule has 4 heteroatoms. The van der Waals surface area contributed by atoms with Crippen molar-refractivity contribution in [3.8, 4) is 0 Å². The number of esters is 1. The van der Waals surface area contributed by atoms with Crippen molar-refractivity contribution in [3.63, 3.8) is 0 Å². The Labute approximate surface area is 90.2 Å². The predicted octanol–water partition coefficient (Wildman–Crippen LogP) is 1.33. The first-order valence-electron chi connectivity index (χ1n) is 5.07. The van der Waals surface area contributed by atoms with E-state index in [-0.39, 0.29) is 5.97 Å². The van der Waals surface area contributed by atoms with Crippen LogP contribution in [0.2, 0.25) is 0 Å². The van der Waals surface area contributed by atoms with E-state index in [9.17, 15) is 4.79 Å². The van der Waals surface area contributed by atoms with E-state index in [1.165, 1.54) is 12.7 Å². The Morgan fingerprint density at radius 2 is 2.40 bits per heavy atom. The molecule has 4 nitrogen and oxygen atoms in total. The second-order valence-electron chi connectivity index (χ2n) is 3.52. The smallest absolute Gasteiger partial charge is 0.307 e. The Kier molecular flexibility index (Phi) is 4.37. The van der Waals surface area contributed by atoms with Crippen molar-refractivity contribution in [1.82, 2.24) is 9.88 Å². The number of nitrogens with one attached hydrogen (secondary N) is 1. The number of ether oxygens (including phenoxy) is 1. The highest BCUT2D eigenvalue weighted by molar-refractivity contribution is 5.68. The summed E-state index contributed by atoms with van der Waals surface area (Å²) >= 11 is 0. The van der Waals surface area contributed by atoms with Gasteiger partial charge in [0.1, 0.15) is 0 Å². The van der Waals surface area contributed by atoms with Crippen molar-refractivity contribution in [2.24, 2.45) is 0 Å². The van der Waals surface area contributed by atoms with Gasteiger partial charge in [0.2, 0.25) is 0 Å². The van der Waals surface area contributed by atoms with Gasteiger partial charge in [0.15, 0.2) is 0 Å². The topological polar surface area (TPSA) is 43.3 Å². The van der Waals surface area contributed by atoms with Gasteiger partial charge in [-0.1, -0.05) is 0 Å². The second kappa shape index (κ2) is 5.56. The second-order valence-corrected chi connectivity index (χ2v) is 3.52. The number of hydrogen-bond acceptors (Lipinski definition) is 3. The number of methoxy groups -OCH3 is 1. The zero-order valence-corrected chi connectivity index (χ0v) is 9.49. The maximum atomic E-state index is 10.9. The third-order valence-corrected chi connectivity index (χ3v) is 2.51. The molecule has 0 radical (unpaired) electrons. The lowest BCUT2D eigenvalue weighted by Gasteiger charge is -2.07. The maximum absolute atomic E-state index is 10.9. The van der Waals surface area contributed by atoms with Gasteiger partial charge in [-0.3, -0.25) is 4.79 Å². The van der Waals surface area contributed by atoms with Crippen LogP contribution < -0.4 is 5.32 Å². The summed E-state index contributed by atoms with van der Waals surface area (Å²) in [5.41, 5.74) is 1.22. The van der Waals surface area contributed by atoms with Crippen LogP contribution in [0.1, 0.15) is 24.9 Å². The van der Waals surface area contributed by atoms with Gasteiger partial charge >= 0.3 is 5.97 Å². The van der Waals surface area contributed by atoms with Crippen molar-refractivity contribution in [3.05, 3.63) is 24.0 Å². The molecule has 1 atom stereocenters. The van der Waals surface area contributed by atoms with E-state index in [4.69, 9.17) is 0 Å². The summed E-state index contributed by atoms with van der Waals surface area (Å²) in [5, 5.41) is 3.17. The number of rotatable bonds is 5. The molecule has 1 unspecified atom stereocenters. The number of aryl methyl sites for hydroxylation is 1. The van der Waals surface area contributed by atoms with Crippen molar-refractivity contribution in [2.45, 2.75) is 25.9 Å². The monoisotopic (exact) mass is 210 g/mol. The van der Waals surface area contributed by atoms with E-state index in [1.54, 1.807) is 0 Å². The van der Waals surface area contributed by atoms with Crippen LogP contribution in [-0.2, 0) is 16.1 Å². The van der Waals surface area contributed by atoms with E-state index < -0.39 is 0 Å². The normalized spacial score (nSPS) is 12.5. The molecule has 0 bridgehead atoms. The molecule has 0 spiro atoms. The Bertz CT molecular complexity index is 320. The molecule has 0 aromatic carbocycles. The number of aromatic nitrogens is 1. The molecular weight excluding hydrogens is 192 g/mol. The molecule has 0 fully saturated rings. The fourth-order valence-electron chi connectivity index (χ4n) is 1.34. The van der Waals surface area contributed by atoms with Crippen molar-refractivity contribution in [1.29, 1.82) is 0 Å². The van der Waals surface area contributed by atoms with Crippen LogP contribution in [0.4, 0.5) is 0 Å². The average molecular weight is 210 g/mol. The number of hydrogen-bond donors (Lipinski definition) is 1. The van der Waals surface area contributed by atoms with Gasteiger partial charge in [0.25, 0.3) is 0 Å². The molecule has 0 amide bonds. The molecule has 0 aliphatic heterocycles. The first kappa shape index (κ1) is 11.8. The Balaban J connectivity index is 2.49. The molecule has 84 valence electrons. The minimum Gasteiger partial charge on any atom is -0.469 e. The van der Waals surface area contributed by atoms with Gasteiger partial charge in [-0.05, 0) is 25.6 Å². The summed E-state index contributed by atoms with van der Waals surface area (Å²) < 4.78 is 6.58. The highest BCUT2D eigenvalue weighted by Gasteiger charge is 2.05. The summed E-state index contributed by atoms with van der Waals surface area (Å²) in [6.45, 7) is 2.77. The molecule has 0 saturated carbocycles. The lowest BCUT2D eigenvalue weighted by Crippen LogP contribution is -2.11. The molecule has 1 aromatic rings. The van der Waals surface area contributed by atoms with Crippen LogP contribution >= 0.6 is 0 Å². The first-order chi connectivity index (χ1) is 7.17. The van der Waals surface area contributed by atoms with Gasteiger partial charge in [0.05, 0.1) is 13.5 Å². The molecule has 1 N–H and O–H groups in total. The Morgan fingerprint density at radius 1 is 1.67 bits per heavy atom. The van der Waals surface area contributed by atoms with Crippen LogP contribution in [0, 0.1) is 0 Å². The van der Waals surface area contributed by atoms with Gasteiger partial charge in [-0.25, -0.2) is 0 Å². The lowest BCUT2D eigenvalue weighted by molar-refractivity contribution is -0.140. The minimum atomic E-state index is -0.174. The molecule has 1 aromatic heterocycles. The van der Waals surface area contributed by atoms with Crippen LogP contribution in [0.3, 0.4) is 0 Å². The Morgan fingerprint density at radius 3 is 3.00 bits per heavy atom. The lowest BCUT2D eigenvalue weighted by atomic mass is 10.2. The zero-order valence-electron chi connectivity index (χ0n) is 9.49. The number of carbonyl (C=O) groups is 1. The standard InChI is InChI=1S/C11H18N2O2/c1-9(12-2)10-4-6-13(8-10)7-5-11(14)15-3/h4,6,8-9,12H,5,7H2,1-3H3. The van der Waals surface area contributed by atoms with Gasteiger partial charge in [-0.2, -0.15) is 0 Å². The Hall–Kier alpha value is -1.29. The van der Waals surface area contributed by atoms with E-state index in [0.717, 1.165) is 0 Å². The fraction of sp³-hybridized carbons (Fsp3) is 0.545. The summed E-state index contributed by atoms with van der Waals surface area (Å²) in [5.74, 6) is -0.174. The summed E-state index contributed by atoms with van der Waals surface area (Å²) in [4.78, 5) is 10.9. The molecular formula is C11H18N2O2. The van der Waals surface area contributed by atoms with Crippen molar-refractivity contribution in [2.75, 3.05) is 14.2 Å². The van der Waals surface area contributed by atoms with E-state index in [0.29, 0.717) is 19.0 Å². The fourth-order valence-corrected chi connectivity index (χ4v) is 1.34. The number of nitrogens with zero attached hydrogens (tertiary/aromatic N) is 1. The highest BCUT2D eigenvalue weighted by atomic mass is 16.5. The van der Waals surface area contributed by atoms with Gasteiger partial charge in [0, 0.05) is 25.0 Å². The largest absolute Gasteiger partial charge is 0.469 e. The third kappa shape index (κ3) is 3.40. The average Bonchev–Trinajstić information content (AvgIpc) is 2.73. The van der Waals surface area contributed by atoms with Gasteiger partial charge < -0.3 is 14.6 Å². The molecule has 0 aliphatic carbocycles. The summed E-state index contributed by atoms with van der Waals surface area (Å²) in [6, 6.07) is 2.39. The van der Waals surface area contributed by atoms with Gasteiger partial charge in [-0.15, -0.1) is 0 Å². The number of carbonyl (C=O) groups excluding carboxylic acids is 1. The van der Waals surface area contributed by atoms with Crippen molar-refractivity contribution >= 4 is 5.97 Å². The first-order valence-corrected chi connectivity index (χ1v) is 5.07. The molecule has 0 aliphatic rings. The highest BCUT2D eigenvalue weighted by Crippen LogP contribution is 2.12. The minimum absolute atomic E-state index is 0.174. The van der Waals surface area contributed by atoms with Crippen LogP contribution in [-0.4, -0.2) is 24.7 Å². The summed E-state index contributed by atoms with van der Waals surface area (Å²) in [6.07, 6.45) is 4.44. The maximum Gasteiger partial charge on any atom is 0.307 e. The van der Waals surface area contributed by atoms with Crippen LogP contribution in [0.15, 0.2) is 18.5 Å². The molecule has 0 saturated heterocycles. The van der Waals surface area contributed by atoms with Crippen LogP contribution in [0.5, 0.6) is 0 Å². The molecule has 1 rings (SSSR count). The zero-order chi connectivity index (χ0) is 11.3. The van der Waals surface area contributed by atoms with Crippen LogP contribution in [0.25, 0.3) is 0 Å².